The van der Waals surface area contributed by atoms with Gasteiger partial charge < -0.3 is 19.3 Å². The van der Waals surface area contributed by atoms with Crippen LogP contribution in [0, 0.1) is 20.8 Å². The monoisotopic (exact) mass is 564 g/mol. The number of unbranched alkanes of at least 4 members (excludes halogenated alkanes) is 1. The number of aliphatic hydroxyl groups is 1. The predicted molar refractivity (Wildman–Crippen MR) is 152 cm³/mol. The smallest absolute Gasteiger partial charge is 0.350 e. The zero-order chi connectivity index (χ0) is 29.1. The van der Waals surface area contributed by atoms with E-state index in [1.807, 2.05) is 26.0 Å². The van der Waals surface area contributed by atoms with Gasteiger partial charge in [-0.05, 0) is 56.5 Å². The van der Waals surface area contributed by atoms with Gasteiger partial charge in [-0.15, -0.1) is 0 Å². The Hall–Kier alpha value is -4.18. The Bertz CT molecular complexity index is 1510. The first-order valence-electron chi connectivity index (χ1n) is 12.9. The number of amides is 1. The number of aromatic nitrogens is 1. The summed E-state index contributed by atoms with van der Waals surface area (Å²) in [6.07, 6.45) is 1.83. The number of hydrogen-bond donors (Lipinski definition) is 1. The maximum atomic E-state index is 13.6. The summed E-state index contributed by atoms with van der Waals surface area (Å²) in [5.41, 5.74) is 2.83. The molecule has 2 heterocycles. The van der Waals surface area contributed by atoms with E-state index in [9.17, 15) is 19.5 Å². The van der Waals surface area contributed by atoms with E-state index in [0.717, 1.165) is 35.3 Å². The number of carbonyl (C=O) groups excluding carboxylic acids is 3. The second-order valence-electron chi connectivity index (χ2n) is 9.50. The van der Waals surface area contributed by atoms with Gasteiger partial charge in [-0.25, -0.2) is 9.78 Å². The number of thiazole rings is 1. The van der Waals surface area contributed by atoms with E-state index in [4.69, 9.17) is 14.2 Å². The number of Topliss-reactive ketones (excluding diaryl/α,β-unsaturated/α-hetero) is 1. The lowest BCUT2D eigenvalue weighted by atomic mass is 9.93. The van der Waals surface area contributed by atoms with Gasteiger partial charge in [0.15, 0.2) is 16.6 Å². The third-order valence-corrected chi connectivity index (χ3v) is 7.85. The number of carbonyl (C=O) groups is 3. The molecular formula is C30H32N2O7S. The lowest BCUT2D eigenvalue weighted by molar-refractivity contribution is -0.132. The van der Waals surface area contributed by atoms with Crippen LogP contribution in [0.5, 0.6) is 11.5 Å². The number of ether oxygens (including phenoxy) is 3. The van der Waals surface area contributed by atoms with Gasteiger partial charge in [0.25, 0.3) is 5.78 Å². The molecule has 40 heavy (non-hydrogen) atoms. The Balaban J connectivity index is 1.94. The average Bonchev–Trinajstić information content (AvgIpc) is 3.45. The van der Waals surface area contributed by atoms with Crippen LogP contribution in [0.15, 0.2) is 42.0 Å². The third kappa shape index (κ3) is 5.31. The number of hydrogen-bond acceptors (Lipinski definition) is 9. The van der Waals surface area contributed by atoms with Crippen LogP contribution in [0.1, 0.15) is 63.4 Å². The summed E-state index contributed by atoms with van der Waals surface area (Å²) in [7, 11) is 2.76. The molecule has 210 valence electrons. The van der Waals surface area contributed by atoms with E-state index in [0.29, 0.717) is 34.9 Å². The number of aryl methyl sites for hydroxylation is 3. The number of methoxy groups -OCH3 is 2. The summed E-state index contributed by atoms with van der Waals surface area (Å²) in [5, 5.41) is 11.7. The van der Waals surface area contributed by atoms with Crippen molar-refractivity contribution >= 4 is 39.9 Å². The molecule has 1 N–H and O–H groups in total. The highest BCUT2D eigenvalue weighted by Gasteiger charge is 2.48. The van der Waals surface area contributed by atoms with Gasteiger partial charge in [0.2, 0.25) is 0 Å². The number of benzene rings is 2. The Kier molecular flexibility index (Phi) is 8.58. The van der Waals surface area contributed by atoms with Crippen LogP contribution >= 0.6 is 11.3 Å². The van der Waals surface area contributed by atoms with Gasteiger partial charge in [0.05, 0.1) is 38.1 Å². The number of ketones is 1. The molecule has 4 rings (SSSR count). The van der Waals surface area contributed by atoms with Crippen molar-refractivity contribution < 1.29 is 33.7 Å². The maximum absolute atomic E-state index is 13.6. The summed E-state index contributed by atoms with van der Waals surface area (Å²) < 4.78 is 16.3. The first-order valence-corrected chi connectivity index (χ1v) is 13.7. The normalized spacial score (nSPS) is 16.4. The summed E-state index contributed by atoms with van der Waals surface area (Å²) in [4.78, 5) is 45.3. The van der Waals surface area contributed by atoms with E-state index in [2.05, 4.69) is 11.9 Å². The number of nitrogens with zero attached hydrogens (tertiary/aromatic N) is 2. The van der Waals surface area contributed by atoms with Crippen molar-refractivity contribution in [3.8, 4) is 11.5 Å². The van der Waals surface area contributed by atoms with Crippen LogP contribution in [0.4, 0.5) is 5.13 Å². The topological polar surface area (TPSA) is 115 Å². The lowest BCUT2D eigenvalue weighted by Crippen LogP contribution is -2.29. The second kappa shape index (κ2) is 11.9. The molecule has 0 saturated carbocycles. The van der Waals surface area contributed by atoms with E-state index in [1.165, 1.54) is 19.1 Å². The number of rotatable bonds is 9. The SMILES string of the molecule is CCCCOc1ccc(C2/C(=C(\O)c3cc(C)ccc3C)C(=O)C(=O)N2c2nc(C)c(C(=O)OC)s2)cc1OC. The second-order valence-corrected chi connectivity index (χ2v) is 10.5. The van der Waals surface area contributed by atoms with Crippen LogP contribution in [0.3, 0.4) is 0 Å². The molecule has 1 unspecified atom stereocenters. The van der Waals surface area contributed by atoms with Crippen LogP contribution in [-0.2, 0) is 14.3 Å². The van der Waals surface area contributed by atoms with E-state index < -0.39 is 23.7 Å². The molecule has 1 saturated heterocycles. The molecule has 0 spiro atoms. The quantitative estimate of drug-likeness (QED) is 0.116. The molecule has 9 nitrogen and oxygen atoms in total. The molecule has 1 amide bonds. The molecule has 1 fully saturated rings. The molecule has 0 bridgehead atoms. The summed E-state index contributed by atoms with van der Waals surface area (Å²) >= 11 is 0.943. The Morgan fingerprint density at radius 3 is 2.50 bits per heavy atom. The zero-order valence-corrected chi connectivity index (χ0v) is 24.2. The van der Waals surface area contributed by atoms with Crippen molar-refractivity contribution in [2.75, 3.05) is 25.7 Å². The summed E-state index contributed by atoms with van der Waals surface area (Å²) in [6.45, 7) is 7.89. The van der Waals surface area contributed by atoms with Crippen LogP contribution in [-0.4, -0.2) is 48.6 Å². The van der Waals surface area contributed by atoms with Crippen LogP contribution in [0.25, 0.3) is 5.76 Å². The predicted octanol–water partition coefficient (Wildman–Crippen LogP) is 5.67. The van der Waals surface area contributed by atoms with E-state index in [1.54, 1.807) is 31.2 Å². The van der Waals surface area contributed by atoms with Crippen molar-refractivity contribution in [2.24, 2.45) is 0 Å². The summed E-state index contributed by atoms with van der Waals surface area (Å²) in [6, 6.07) is 9.59. The zero-order valence-electron chi connectivity index (χ0n) is 23.4. The molecule has 1 aliphatic rings. The van der Waals surface area contributed by atoms with Gasteiger partial charge in [-0.1, -0.05) is 48.4 Å². The van der Waals surface area contributed by atoms with E-state index in [-0.39, 0.29) is 21.3 Å². The van der Waals surface area contributed by atoms with Crippen molar-refractivity contribution in [1.82, 2.24) is 4.98 Å². The molecule has 1 aromatic heterocycles. The highest BCUT2D eigenvalue weighted by atomic mass is 32.1. The molecule has 0 radical (unpaired) electrons. The van der Waals surface area contributed by atoms with E-state index >= 15 is 0 Å². The minimum atomic E-state index is -1.05. The number of anilines is 1. The number of esters is 1. The van der Waals surface area contributed by atoms with Gasteiger partial charge in [-0.2, -0.15) is 0 Å². The standard InChI is InChI=1S/C30H32N2O7S/c1-7-8-13-39-21-12-11-19(15-22(21)37-5)24-23(25(33)20-14-16(2)9-10-17(20)3)26(34)28(35)32(24)30-31-18(4)27(40-30)29(36)38-6/h9-12,14-15,24,33H,7-8,13H2,1-6H3/b25-23+. The van der Waals surface area contributed by atoms with Crippen molar-refractivity contribution in [1.29, 1.82) is 0 Å². The summed E-state index contributed by atoms with van der Waals surface area (Å²) in [5.74, 6) is -1.70. The minimum absolute atomic E-state index is 0.0899. The Morgan fingerprint density at radius 1 is 1.07 bits per heavy atom. The molecule has 2 aromatic carbocycles. The third-order valence-electron chi connectivity index (χ3n) is 6.71. The van der Waals surface area contributed by atoms with Gasteiger partial charge in [0, 0.05) is 5.56 Å². The first kappa shape index (κ1) is 28.8. The Labute approximate surface area is 237 Å². The minimum Gasteiger partial charge on any atom is -0.507 e. The van der Waals surface area contributed by atoms with Crippen LogP contribution < -0.4 is 14.4 Å². The van der Waals surface area contributed by atoms with Gasteiger partial charge >= 0.3 is 11.9 Å². The highest BCUT2D eigenvalue weighted by molar-refractivity contribution is 7.17. The fourth-order valence-corrected chi connectivity index (χ4v) is 5.56. The largest absolute Gasteiger partial charge is 0.507 e. The molecule has 1 aliphatic heterocycles. The van der Waals surface area contributed by atoms with Crippen molar-refractivity contribution in [3.63, 3.8) is 0 Å². The Morgan fingerprint density at radius 2 is 1.82 bits per heavy atom. The van der Waals surface area contributed by atoms with Crippen LogP contribution in [0.2, 0.25) is 0 Å². The lowest BCUT2D eigenvalue weighted by Gasteiger charge is -2.24. The fourth-order valence-electron chi connectivity index (χ4n) is 4.55. The fraction of sp³-hybridized carbons (Fsp3) is 0.333. The maximum Gasteiger partial charge on any atom is 0.350 e. The van der Waals surface area contributed by atoms with Gasteiger partial charge in [-0.3, -0.25) is 14.5 Å². The van der Waals surface area contributed by atoms with Crippen molar-refractivity contribution in [3.05, 3.63) is 74.8 Å². The first-order chi connectivity index (χ1) is 19.1. The highest BCUT2D eigenvalue weighted by Crippen LogP contribution is 2.45. The molecule has 10 heteroatoms. The number of aliphatic hydroxyl groups excluding tert-OH is 1. The molecule has 0 aliphatic carbocycles. The van der Waals surface area contributed by atoms with Crippen molar-refractivity contribution in [2.45, 2.75) is 46.6 Å². The molecular weight excluding hydrogens is 532 g/mol. The molecule has 1 atom stereocenters. The van der Waals surface area contributed by atoms with Gasteiger partial charge in [0.1, 0.15) is 10.6 Å². The average molecular weight is 565 g/mol. The molecule has 3 aromatic rings.